The van der Waals surface area contributed by atoms with Crippen molar-refractivity contribution in [2.24, 2.45) is 0 Å². The summed E-state index contributed by atoms with van der Waals surface area (Å²) >= 11 is 0. The average molecular weight is 397 g/mol. The second-order valence-electron chi connectivity index (χ2n) is 7.12. The van der Waals surface area contributed by atoms with Gasteiger partial charge in [0.15, 0.2) is 11.5 Å². The Morgan fingerprint density at radius 1 is 0.931 bits per heavy atom. The van der Waals surface area contributed by atoms with Crippen LogP contribution in [0.1, 0.15) is 59.4 Å². The minimum absolute atomic E-state index is 0.177. The molecule has 29 heavy (non-hydrogen) atoms. The lowest BCUT2D eigenvalue weighted by molar-refractivity contribution is 0.0928. The minimum Gasteiger partial charge on any atom is -0.493 e. The van der Waals surface area contributed by atoms with Crippen molar-refractivity contribution in [3.8, 4) is 11.5 Å². The highest BCUT2D eigenvalue weighted by Gasteiger charge is 2.18. The number of nitrogens with one attached hydrogen (secondary N) is 2. The van der Waals surface area contributed by atoms with Gasteiger partial charge in [-0.3, -0.25) is 14.6 Å². The van der Waals surface area contributed by atoms with Gasteiger partial charge in [-0.05, 0) is 37.1 Å². The van der Waals surface area contributed by atoms with Crippen molar-refractivity contribution < 1.29 is 19.1 Å². The Kier molecular flexibility index (Phi) is 7.05. The molecule has 1 fully saturated rings. The van der Waals surface area contributed by atoms with E-state index in [1.54, 1.807) is 31.4 Å². The molecule has 154 valence electrons. The van der Waals surface area contributed by atoms with Crippen LogP contribution in [-0.4, -0.2) is 37.1 Å². The maximum Gasteiger partial charge on any atom is 0.270 e. The third kappa shape index (κ3) is 5.47. The Hall–Kier alpha value is -3.09. The summed E-state index contributed by atoms with van der Waals surface area (Å²) in [7, 11) is 3.08. The van der Waals surface area contributed by atoms with Crippen LogP contribution in [0.3, 0.4) is 0 Å². The molecule has 0 spiro atoms. The lowest BCUT2D eigenvalue weighted by atomic mass is 10.1. The third-order valence-corrected chi connectivity index (χ3v) is 5.09. The van der Waals surface area contributed by atoms with Crippen molar-refractivity contribution in [1.82, 2.24) is 10.3 Å². The van der Waals surface area contributed by atoms with Crippen LogP contribution in [0, 0.1) is 0 Å². The molecule has 0 unspecified atom stereocenters. The largest absolute Gasteiger partial charge is 0.493 e. The molecular weight excluding hydrogens is 370 g/mol. The number of aromatic nitrogens is 1. The molecule has 0 saturated heterocycles. The zero-order valence-electron chi connectivity index (χ0n) is 16.9. The zero-order chi connectivity index (χ0) is 20.6. The van der Waals surface area contributed by atoms with Gasteiger partial charge >= 0.3 is 0 Å². The molecule has 0 radical (unpaired) electrons. The molecule has 2 N–H and O–H groups in total. The van der Waals surface area contributed by atoms with Gasteiger partial charge < -0.3 is 20.1 Å². The quantitative estimate of drug-likeness (QED) is 0.724. The molecule has 1 saturated carbocycles. The summed E-state index contributed by atoms with van der Waals surface area (Å²) in [6.45, 7) is 0. The molecule has 1 heterocycles. The second kappa shape index (κ2) is 9.91. The Morgan fingerprint density at radius 2 is 1.66 bits per heavy atom. The Balaban J connectivity index is 1.68. The zero-order valence-corrected chi connectivity index (χ0v) is 16.9. The molecule has 1 aliphatic rings. The molecule has 7 nitrogen and oxygen atoms in total. The average Bonchev–Trinajstić information content (AvgIpc) is 3.02. The van der Waals surface area contributed by atoms with Crippen molar-refractivity contribution in [3.63, 3.8) is 0 Å². The van der Waals surface area contributed by atoms with E-state index in [1.807, 2.05) is 0 Å². The molecule has 7 heteroatoms. The number of pyridine rings is 1. The number of hydrogen-bond donors (Lipinski definition) is 2. The summed E-state index contributed by atoms with van der Waals surface area (Å²) in [6, 6.07) is 8.39. The van der Waals surface area contributed by atoms with Crippen molar-refractivity contribution in [2.75, 3.05) is 19.5 Å². The molecular formula is C22H27N3O4. The van der Waals surface area contributed by atoms with Crippen molar-refractivity contribution >= 4 is 17.5 Å². The van der Waals surface area contributed by atoms with E-state index in [-0.39, 0.29) is 23.6 Å². The van der Waals surface area contributed by atoms with Crippen LogP contribution in [0.15, 0.2) is 36.5 Å². The summed E-state index contributed by atoms with van der Waals surface area (Å²) in [6.07, 6.45) is 8.16. The number of rotatable bonds is 6. The number of amides is 2. The highest BCUT2D eigenvalue weighted by atomic mass is 16.5. The summed E-state index contributed by atoms with van der Waals surface area (Å²) in [4.78, 5) is 29.4. The molecule has 0 aliphatic heterocycles. The Labute approximate surface area is 170 Å². The standard InChI is InChI=1S/C22H27N3O4/c1-28-19-10-9-17(14-20(19)29-2)25-21(26)15-11-12-23-18(13-15)22(27)24-16-7-5-3-4-6-8-16/h9-14,16H,3-8H2,1-2H3,(H,24,27)(H,25,26). The van der Waals surface area contributed by atoms with E-state index in [0.717, 1.165) is 25.7 Å². The fraction of sp³-hybridized carbons (Fsp3) is 0.409. The van der Waals surface area contributed by atoms with Crippen LogP contribution in [-0.2, 0) is 0 Å². The van der Waals surface area contributed by atoms with E-state index >= 15 is 0 Å². The van der Waals surface area contributed by atoms with Crippen LogP contribution >= 0.6 is 0 Å². The highest BCUT2D eigenvalue weighted by molar-refractivity contribution is 6.05. The number of nitrogens with zero attached hydrogens (tertiary/aromatic N) is 1. The van der Waals surface area contributed by atoms with Crippen LogP contribution in [0.25, 0.3) is 0 Å². The van der Waals surface area contributed by atoms with E-state index in [1.165, 1.54) is 32.2 Å². The van der Waals surface area contributed by atoms with E-state index in [9.17, 15) is 9.59 Å². The first kappa shape index (κ1) is 20.6. The van der Waals surface area contributed by atoms with Crippen LogP contribution in [0.2, 0.25) is 0 Å². The minimum atomic E-state index is -0.330. The first-order valence-electron chi connectivity index (χ1n) is 9.91. The monoisotopic (exact) mass is 397 g/mol. The molecule has 3 rings (SSSR count). The molecule has 1 aromatic heterocycles. The SMILES string of the molecule is COc1ccc(NC(=O)c2ccnc(C(=O)NC3CCCCCC3)c2)cc1OC. The molecule has 0 atom stereocenters. The summed E-state index contributed by atoms with van der Waals surface area (Å²) in [5, 5.41) is 5.86. The van der Waals surface area contributed by atoms with Gasteiger partial charge in [-0.25, -0.2) is 0 Å². The molecule has 0 bridgehead atoms. The predicted octanol–water partition coefficient (Wildman–Crippen LogP) is 3.80. The Morgan fingerprint density at radius 3 is 2.34 bits per heavy atom. The normalized spacial score (nSPS) is 14.6. The fourth-order valence-corrected chi connectivity index (χ4v) is 3.50. The smallest absolute Gasteiger partial charge is 0.270 e. The van der Waals surface area contributed by atoms with Gasteiger partial charge in [0.1, 0.15) is 5.69 Å². The van der Waals surface area contributed by atoms with Crippen molar-refractivity contribution in [3.05, 3.63) is 47.8 Å². The summed E-state index contributed by atoms with van der Waals surface area (Å²) in [5.41, 5.74) is 1.17. The first-order chi connectivity index (χ1) is 14.1. The number of ether oxygens (including phenoxy) is 2. The molecule has 2 aromatic rings. The van der Waals surface area contributed by atoms with Gasteiger partial charge in [-0.1, -0.05) is 25.7 Å². The number of methoxy groups -OCH3 is 2. The van der Waals surface area contributed by atoms with Gasteiger partial charge in [0.2, 0.25) is 0 Å². The lowest BCUT2D eigenvalue weighted by Crippen LogP contribution is -2.35. The number of carbonyl (C=O) groups excluding carboxylic acids is 2. The maximum atomic E-state index is 12.6. The first-order valence-corrected chi connectivity index (χ1v) is 9.91. The van der Waals surface area contributed by atoms with Gasteiger partial charge in [-0.2, -0.15) is 0 Å². The lowest BCUT2D eigenvalue weighted by Gasteiger charge is -2.16. The van der Waals surface area contributed by atoms with Gasteiger partial charge in [0, 0.05) is 29.6 Å². The van der Waals surface area contributed by atoms with Gasteiger partial charge in [0.25, 0.3) is 11.8 Å². The number of hydrogen-bond acceptors (Lipinski definition) is 5. The highest BCUT2D eigenvalue weighted by Crippen LogP contribution is 2.30. The Bertz CT molecular complexity index is 861. The number of benzene rings is 1. The third-order valence-electron chi connectivity index (χ3n) is 5.09. The van der Waals surface area contributed by atoms with E-state index in [2.05, 4.69) is 15.6 Å². The molecule has 1 aliphatic carbocycles. The van der Waals surface area contributed by atoms with Crippen LogP contribution in [0.4, 0.5) is 5.69 Å². The molecule has 1 aromatic carbocycles. The predicted molar refractivity (Wildman–Crippen MR) is 111 cm³/mol. The fourth-order valence-electron chi connectivity index (χ4n) is 3.50. The summed E-state index contributed by atoms with van der Waals surface area (Å²) < 4.78 is 10.5. The summed E-state index contributed by atoms with van der Waals surface area (Å²) in [5.74, 6) is 0.524. The van der Waals surface area contributed by atoms with E-state index < -0.39 is 0 Å². The van der Waals surface area contributed by atoms with E-state index in [4.69, 9.17) is 9.47 Å². The van der Waals surface area contributed by atoms with E-state index in [0.29, 0.717) is 22.7 Å². The number of carbonyl (C=O) groups is 2. The maximum absolute atomic E-state index is 12.6. The topological polar surface area (TPSA) is 89.5 Å². The van der Waals surface area contributed by atoms with Crippen molar-refractivity contribution in [2.45, 2.75) is 44.6 Å². The molecule has 2 amide bonds. The van der Waals surface area contributed by atoms with Crippen molar-refractivity contribution in [1.29, 1.82) is 0 Å². The van der Waals surface area contributed by atoms with Crippen LogP contribution in [0.5, 0.6) is 11.5 Å². The second-order valence-corrected chi connectivity index (χ2v) is 7.12. The number of anilines is 1. The van der Waals surface area contributed by atoms with Gasteiger partial charge in [0.05, 0.1) is 14.2 Å². The van der Waals surface area contributed by atoms with Gasteiger partial charge in [-0.15, -0.1) is 0 Å². The van der Waals surface area contributed by atoms with Crippen LogP contribution < -0.4 is 20.1 Å².